The first-order chi connectivity index (χ1) is 17.7. The van der Waals surface area contributed by atoms with Gasteiger partial charge < -0.3 is 5.32 Å². The highest BCUT2D eigenvalue weighted by Crippen LogP contribution is 2.35. The summed E-state index contributed by atoms with van der Waals surface area (Å²) in [6, 6.07) is 25.1. The van der Waals surface area contributed by atoms with Crippen molar-refractivity contribution in [2.75, 3.05) is 16.2 Å². The van der Waals surface area contributed by atoms with Gasteiger partial charge in [-0.2, -0.15) is 5.26 Å². The van der Waals surface area contributed by atoms with Gasteiger partial charge in [0.2, 0.25) is 0 Å². The molecule has 0 saturated heterocycles. The predicted molar refractivity (Wildman–Crippen MR) is 149 cm³/mol. The number of nitrogens with one attached hydrogen (secondary N) is 1. The monoisotopic (exact) mass is 550 g/mol. The molecule has 0 aliphatic carbocycles. The summed E-state index contributed by atoms with van der Waals surface area (Å²) in [5.41, 5.74) is 3.62. The summed E-state index contributed by atoms with van der Waals surface area (Å²) in [5, 5.41) is 14.0. The number of rotatable bonds is 8. The number of hydrogen-bond donors (Lipinski definition) is 1. The summed E-state index contributed by atoms with van der Waals surface area (Å²) >= 11 is 12.6. The van der Waals surface area contributed by atoms with Gasteiger partial charge in [0.05, 0.1) is 17.7 Å². The third-order valence-electron chi connectivity index (χ3n) is 5.91. The maximum absolute atomic E-state index is 13.2. The Labute approximate surface area is 227 Å². The summed E-state index contributed by atoms with van der Waals surface area (Å²) in [5.74, 6) is -0.0885. The summed E-state index contributed by atoms with van der Waals surface area (Å²) < 4.78 is 27.8. The van der Waals surface area contributed by atoms with E-state index < -0.39 is 15.9 Å². The van der Waals surface area contributed by atoms with Crippen molar-refractivity contribution in [1.29, 1.82) is 5.26 Å². The minimum atomic E-state index is -3.77. The number of aryl methyl sites for hydroxylation is 1. The standard InChI is InChI=1S/C28H24Cl2N4O2S/c1-3-34(22-7-5-4-6-8-22)37(35,36)23-13-14-28(32-18-23)33-27-16-26(30)24(15-19(27)2)25(17-31)20-9-11-21(29)12-10-20/h4-16,18,25H,3H2,1-2H3,(H,32,33). The Bertz CT molecular complexity index is 1540. The Hall–Kier alpha value is -3.57. The van der Waals surface area contributed by atoms with E-state index >= 15 is 0 Å². The molecule has 0 bridgehead atoms. The Morgan fingerprint density at radius 3 is 2.32 bits per heavy atom. The lowest BCUT2D eigenvalue weighted by Crippen LogP contribution is -2.30. The lowest BCUT2D eigenvalue weighted by molar-refractivity contribution is 0.591. The van der Waals surface area contributed by atoms with Gasteiger partial charge >= 0.3 is 0 Å². The fourth-order valence-corrected chi connectivity index (χ4v) is 5.81. The third-order valence-corrected chi connectivity index (χ3v) is 8.37. The van der Waals surface area contributed by atoms with Crippen molar-refractivity contribution in [2.24, 2.45) is 0 Å². The average Bonchev–Trinajstić information content (AvgIpc) is 2.89. The Kier molecular flexibility index (Phi) is 8.03. The Morgan fingerprint density at radius 1 is 1.03 bits per heavy atom. The van der Waals surface area contributed by atoms with Crippen LogP contribution < -0.4 is 9.62 Å². The van der Waals surface area contributed by atoms with E-state index in [1.807, 2.05) is 31.2 Å². The second-order valence-corrected chi connectivity index (χ2v) is 11.0. The summed E-state index contributed by atoms with van der Waals surface area (Å²) in [7, 11) is -3.77. The molecule has 0 saturated carbocycles. The number of pyridine rings is 1. The first kappa shape index (κ1) is 26.5. The fourth-order valence-electron chi connectivity index (χ4n) is 4.00. The number of halogens is 2. The second kappa shape index (κ2) is 11.2. The van der Waals surface area contributed by atoms with Crippen molar-refractivity contribution >= 4 is 50.4 Å². The van der Waals surface area contributed by atoms with Crippen LogP contribution in [-0.4, -0.2) is 19.9 Å². The molecule has 6 nitrogen and oxygen atoms in total. The SMILES string of the molecule is CCN(c1ccccc1)S(=O)(=O)c1ccc(Nc2cc(Cl)c(C(C#N)c3ccc(Cl)cc3)cc2C)nc1. The molecule has 0 aliphatic rings. The van der Waals surface area contributed by atoms with Crippen LogP contribution in [0.15, 0.2) is 90.0 Å². The molecule has 0 amide bonds. The minimum absolute atomic E-state index is 0.0914. The van der Waals surface area contributed by atoms with Crippen LogP contribution >= 0.6 is 23.2 Å². The highest BCUT2D eigenvalue weighted by atomic mass is 35.5. The number of para-hydroxylation sites is 1. The molecule has 0 spiro atoms. The van der Waals surface area contributed by atoms with Gasteiger partial charge in [-0.05, 0) is 73.0 Å². The van der Waals surface area contributed by atoms with Crippen molar-refractivity contribution in [2.45, 2.75) is 24.7 Å². The third kappa shape index (κ3) is 5.72. The molecule has 9 heteroatoms. The number of anilines is 3. The number of hydrogen-bond acceptors (Lipinski definition) is 5. The normalized spacial score (nSPS) is 12.0. The molecule has 37 heavy (non-hydrogen) atoms. The molecule has 0 fully saturated rings. The van der Waals surface area contributed by atoms with Crippen LogP contribution in [0.3, 0.4) is 0 Å². The van der Waals surface area contributed by atoms with Gasteiger partial charge in [-0.3, -0.25) is 4.31 Å². The maximum atomic E-state index is 13.2. The summed E-state index contributed by atoms with van der Waals surface area (Å²) in [6.45, 7) is 3.97. The molecule has 4 rings (SSSR count). The second-order valence-electron chi connectivity index (χ2n) is 8.31. The van der Waals surface area contributed by atoms with Gasteiger partial charge in [0.1, 0.15) is 10.7 Å². The zero-order valence-corrected chi connectivity index (χ0v) is 22.5. The average molecular weight is 551 g/mol. The lowest BCUT2D eigenvalue weighted by atomic mass is 9.91. The largest absolute Gasteiger partial charge is 0.340 e. The minimum Gasteiger partial charge on any atom is -0.340 e. The van der Waals surface area contributed by atoms with E-state index in [1.165, 1.54) is 16.6 Å². The van der Waals surface area contributed by atoms with Crippen molar-refractivity contribution in [3.05, 3.63) is 112 Å². The van der Waals surface area contributed by atoms with Crippen LogP contribution in [0.2, 0.25) is 10.0 Å². The number of aromatic nitrogens is 1. The molecule has 4 aromatic rings. The zero-order chi connectivity index (χ0) is 26.6. The Balaban J connectivity index is 1.57. The van der Waals surface area contributed by atoms with Crippen molar-refractivity contribution in [3.63, 3.8) is 0 Å². The topological polar surface area (TPSA) is 86.1 Å². The van der Waals surface area contributed by atoms with Crippen LogP contribution in [0.5, 0.6) is 0 Å². The van der Waals surface area contributed by atoms with E-state index in [1.54, 1.807) is 55.5 Å². The molecule has 0 aliphatic heterocycles. The highest BCUT2D eigenvalue weighted by molar-refractivity contribution is 7.92. The molecule has 0 radical (unpaired) electrons. The smallest absolute Gasteiger partial charge is 0.265 e. The van der Waals surface area contributed by atoms with Gasteiger partial charge in [-0.15, -0.1) is 0 Å². The summed E-state index contributed by atoms with van der Waals surface area (Å²) in [6.07, 6.45) is 1.33. The lowest BCUT2D eigenvalue weighted by Gasteiger charge is -2.22. The number of benzene rings is 3. The van der Waals surface area contributed by atoms with Gasteiger partial charge in [0.25, 0.3) is 10.0 Å². The highest BCUT2D eigenvalue weighted by Gasteiger charge is 2.24. The van der Waals surface area contributed by atoms with Crippen LogP contribution in [-0.2, 0) is 10.0 Å². The maximum Gasteiger partial charge on any atom is 0.265 e. The van der Waals surface area contributed by atoms with Gasteiger partial charge in [-0.1, -0.05) is 59.6 Å². The molecular formula is C28H24Cl2N4O2S. The summed E-state index contributed by atoms with van der Waals surface area (Å²) in [4.78, 5) is 4.42. The first-order valence-corrected chi connectivity index (χ1v) is 13.7. The van der Waals surface area contributed by atoms with E-state index in [4.69, 9.17) is 23.2 Å². The number of nitrogens with zero attached hydrogens (tertiary/aromatic N) is 3. The molecule has 188 valence electrons. The molecule has 3 aromatic carbocycles. The molecule has 1 heterocycles. The molecule has 1 unspecified atom stereocenters. The van der Waals surface area contributed by atoms with Gasteiger partial charge in [0, 0.05) is 28.5 Å². The molecule has 1 atom stereocenters. The van der Waals surface area contributed by atoms with Crippen LogP contribution in [0.4, 0.5) is 17.2 Å². The molecule has 1 N–H and O–H groups in total. The van der Waals surface area contributed by atoms with Gasteiger partial charge in [-0.25, -0.2) is 13.4 Å². The van der Waals surface area contributed by atoms with Crippen molar-refractivity contribution < 1.29 is 8.42 Å². The quantitative estimate of drug-likeness (QED) is 0.248. The molecule has 1 aromatic heterocycles. The Morgan fingerprint density at radius 2 is 1.73 bits per heavy atom. The van der Waals surface area contributed by atoms with Crippen molar-refractivity contribution in [1.82, 2.24) is 4.98 Å². The number of nitriles is 1. The van der Waals surface area contributed by atoms with Crippen LogP contribution in [0.25, 0.3) is 0 Å². The predicted octanol–water partition coefficient (Wildman–Crippen LogP) is 7.31. The van der Waals surface area contributed by atoms with E-state index in [0.29, 0.717) is 32.8 Å². The van der Waals surface area contributed by atoms with E-state index in [2.05, 4.69) is 16.4 Å². The zero-order valence-electron chi connectivity index (χ0n) is 20.2. The van der Waals surface area contributed by atoms with E-state index in [-0.39, 0.29) is 11.4 Å². The fraction of sp³-hybridized carbons (Fsp3) is 0.143. The van der Waals surface area contributed by atoms with E-state index in [9.17, 15) is 13.7 Å². The first-order valence-electron chi connectivity index (χ1n) is 11.5. The van der Waals surface area contributed by atoms with E-state index in [0.717, 1.165) is 11.1 Å². The molecular weight excluding hydrogens is 527 g/mol. The van der Waals surface area contributed by atoms with Crippen LogP contribution in [0.1, 0.15) is 29.5 Å². The van der Waals surface area contributed by atoms with Gasteiger partial charge in [0.15, 0.2) is 0 Å². The number of sulfonamides is 1. The van der Waals surface area contributed by atoms with Crippen molar-refractivity contribution in [3.8, 4) is 6.07 Å². The van der Waals surface area contributed by atoms with Crippen LogP contribution in [0, 0.1) is 18.3 Å².